The van der Waals surface area contributed by atoms with Gasteiger partial charge in [0, 0.05) is 12.6 Å². The fourth-order valence-corrected chi connectivity index (χ4v) is 1.63. The summed E-state index contributed by atoms with van der Waals surface area (Å²) >= 11 is 0. The van der Waals surface area contributed by atoms with Crippen LogP contribution in [0.5, 0.6) is 0 Å². The SMILES string of the molecule is CN(C)CCC(O)[C@@H](N)Cc1ccccc1. The van der Waals surface area contributed by atoms with Crippen molar-refractivity contribution in [2.75, 3.05) is 20.6 Å². The zero-order valence-electron chi connectivity index (χ0n) is 10.1. The first-order valence-electron chi connectivity index (χ1n) is 5.72. The molecule has 3 nitrogen and oxygen atoms in total. The highest BCUT2D eigenvalue weighted by atomic mass is 16.3. The van der Waals surface area contributed by atoms with E-state index in [1.807, 2.05) is 44.4 Å². The molecule has 0 spiro atoms. The minimum absolute atomic E-state index is 0.178. The smallest absolute Gasteiger partial charge is 0.0706 e. The van der Waals surface area contributed by atoms with E-state index in [0.29, 0.717) is 0 Å². The van der Waals surface area contributed by atoms with E-state index in [9.17, 15) is 5.11 Å². The van der Waals surface area contributed by atoms with E-state index >= 15 is 0 Å². The van der Waals surface area contributed by atoms with Crippen LogP contribution in [0.4, 0.5) is 0 Å². The number of hydrogen-bond acceptors (Lipinski definition) is 3. The number of nitrogens with zero attached hydrogens (tertiary/aromatic N) is 1. The lowest BCUT2D eigenvalue weighted by molar-refractivity contribution is 0.124. The molecular formula is C13H22N2O. The summed E-state index contributed by atoms with van der Waals surface area (Å²) in [6, 6.07) is 9.87. The van der Waals surface area contributed by atoms with Crippen molar-refractivity contribution in [2.24, 2.45) is 5.73 Å². The van der Waals surface area contributed by atoms with Crippen LogP contribution in [0.1, 0.15) is 12.0 Å². The molecule has 1 unspecified atom stereocenters. The topological polar surface area (TPSA) is 49.5 Å². The number of hydrogen-bond donors (Lipinski definition) is 2. The lowest BCUT2D eigenvalue weighted by Crippen LogP contribution is -2.38. The van der Waals surface area contributed by atoms with Crippen molar-refractivity contribution in [3.63, 3.8) is 0 Å². The highest BCUT2D eigenvalue weighted by Crippen LogP contribution is 2.06. The molecule has 0 saturated heterocycles. The summed E-state index contributed by atoms with van der Waals surface area (Å²) < 4.78 is 0. The summed E-state index contributed by atoms with van der Waals surface area (Å²) in [5.41, 5.74) is 7.15. The van der Waals surface area contributed by atoms with Crippen molar-refractivity contribution in [1.29, 1.82) is 0 Å². The van der Waals surface area contributed by atoms with Gasteiger partial charge in [-0.2, -0.15) is 0 Å². The lowest BCUT2D eigenvalue weighted by Gasteiger charge is -2.20. The molecule has 0 fully saturated rings. The zero-order valence-corrected chi connectivity index (χ0v) is 10.1. The van der Waals surface area contributed by atoms with E-state index in [1.54, 1.807) is 0 Å². The van der Waals surface area contributed by atoms with Gasteiger partial charge in [0.15, 0.2) is 0 Å². The van der Waals surface area contributed by atoms with Crippen LogP contribution in [-0.2, 0) is 6.42 Å². The largest absolute Gasteiger partial charge is 0.391 e. The first-order valence-corrected chi connectivity index (χ1v) is 5.72. The molecule has 1 rings (SSSR count). The molecule has 0 heterocycles. The second-order valence-electron chi connectivity index (χ2n) is 4.51. The fraction of sp³-hybridized carbons (Fsp3) is 0.538. The highest BCUT2D eigenvalue weighted by Gasteiger charge is 2.14. The van der Waals surface area contributed by atoms with Gasteiger partial charge >= 0.3 is 0 Å². The van der Waals surface area contributed by atoms with Crippen LogP contribution in [-0.4, -0.2) is 42.8 Å². The molecule has 0 radical (unpaired) electrons. The monoisotopic (exact) mass is 222 g/mol. The predicted molar refractivity (Wildman–Crippen MR) is 67.3 cm³/mol. The van der Waals surface area contributed by atoms with Crippen LogP contribution in [0, 0.1) is 0 Å². The Hall–Kier alpha value is -0.900. The Labute approximate surface area is 97.9 Å². The van der Waals surface area contributed by atoms with Gasteiger partial charge in [0.05, 0.1) is 6.10 Å². The Morgan fingerprint density at radius 1 is 1.25 bits per heavy atom. The Morgan fingerprint density at radius 2 is 1.88 bits per heavy atom. The Balaban J connectivity index is 2.37. The summed E-state index contributed by atoms with van der Waals surface area (Å²) in [7, 11) is 3.99. The predicted octanol–water partition coefficient (Wildman–Crippen LogP) is 0.869. The second kappa shape index (κ2) is 6.63. The van der Waals surface area contributed by atoms with Crippen LogP contribution in [0.15, 0.2) is 30.3 Å². The van der Waals surface area contributed by atoms with E-state index in [2.05, 4.69) is 4.90 Å². The molecule has 0 amide bonds. The summed E-state index contributed by atoms with van der Waals surface area (Å²) in [4.78, 5) is 2.05. The third kappa shape index (κ3) is 4.75. The maximum Gasteiger partial charge on any atom is 0.0706 e. The highest BCUT2D eigenvalue weighted by molar-refractivity contribution is 5.16. The van der Waals surface area contributed by atoms with Gasteiger partial charge < -0.3 is 15.7 Å². The van der Waals surface area contributed by atoms with Gasteiger partial charge in [0.1, 0.15) is 0 Å². The van der Waals surface area contributed by atoms with E-state index in [4.69, 9.17) is 5.73 Å². The maximum absolute atomic E-state index is 9.88. The van der Waals surface area contributed by atoms with Crippen molar-refractivity contribution in [3.05, 3.63) is 35.9 Å². The van der Waals surface area contributed by atoms with E-state index in [0.717, 1.165) is 19.4 Å². The molecule has 1 aromatic carbocycles. The number of rotatable bonds is 6. The standard InChI is InChI=1S/C13H22N2O/c1-15(2)9-8-13(16)12(14)10-11-6-4-3-5-7-11/h3-7,12-13,16H,8-10,14H2,1-2H3/t12-,13?/m0/s1. The van der Waals surface area contributed by atoms with Gasteiger partial charge in [-0.15, -0.1) is 0 Å². The Bertz CT molecular complexity index is 287. The van der Waals surface area contributed by atoms with Gasteiger partial charge in [0.25, 0.3) is 0 Å². The van der Waals surface area contributed by atoms with Crippen molar-refractivity contribution in [1.82, 2.24) is 4.90 Å². The second-order valence-corrected chi connectivity index (χ2v) is 4.51. The van der Waals surface area contributed by atoms with Gasteiger partial charge in [0.2, 0.25) is 0 Å². The summed E-state index contributed by atoms with van der Waals surface area (Å²) in [6.07, 6.45) is 1.03. The van der Waals surface area contributed by atoms with Crippen LogP contribution in [0.3, 0.4) is 0 Å². The summed E-state index contributed by atoms with van der Waals surface area (Å²) in [6.45, 7) is 0.865. The fourth-order valence-electron chi connectivity index (χ4n) is 1.63. The van der Waals surface area contributed by atoms with Crippen LogP contribution in [0.2, 0.25) is 0 Å². The molecule has 0 aliphatic rings. The normalized spacial score (nSPS) is 15.1. The molecule has 0 bridgehead atoms. The van der Waals surface area contributed by atoms with Gasteiger partial charge in [-0.3, -0.25) is 0 Å². The Morgan fingerprint density at radius 3 is 2.44 bits per heavy atom. The molecular weight excluding hydrogens is 200 g/mol. The van der Waals surface area contributed by atoms with Crippen molar-refractivity contribution in [2.45, 2.75) is 25.0 Å². The van der Waals surface area contributed by atoms with Crippen LogP contribution < -0.4 is 5.73 Å². The molecule has 0 aromatic heterocycles. The molecule has 3 N–H and O–H groups in total. The Kier molecular flexibility index (Phi) is 5.46. The summed E-state index contributed by atoms with van der Waals surface area (Å²) in [5.74, 6) is 0. The van der Waals surface area contributed by atoms with Gasteiger partial charge in [-0.1, -0.05) is 30.3 Å². The first-order chi connectivity index (χ1) is 7.59. The average Bonchev–Trinajstić information content (AvgIpc) is 2.27. The van der Waals surface area contributed by atoms with Crippen LogP contribution in [0.25, 0.3) is 0 Å². The summed E-state index contributed by atoms with van der Waals surface area (Å²) in [5, 5.41) is 9.88. The van der Waals surface area contributed by atoms with Crippen LogP contribution >= 0.6 is 0 Å². The van der Waals surface area contributed by atoms with Crippen molar-refractivity contribution >= 4 is 0 Å². The quantitative estimate of drug-likeness (QED) is 0.751. The minimum atomic E-state index is -0.428. The number of aliphatic hydroxyl groups is 1. The van der Waals surface area contributed by atoms with Crippen molar-refractivity contribution in [3.8, 4) is 0 Å². The average molecular weight is 222 g/mol. The molecule has 0 aliphatic heterocycles. The number of nitrogens with two attached hydrogens (primary N) is 1. The maximum atomic E-state index is 9.88. The number of aliphatic hydroxyl groups excluding tert-OH is 1. The molecule has 2 atom stereocenters. The van der Waals surface area contributed by atoms with Gasteiger partial charge in [-0.25, -0.2) is 0 Å². The van der Waals surface area contributed by atoms with Crippen molar-refractivity contribution < 1.29 is 5.11 Å². The molecule has 0 aliphatic carbocycles. The zero-order chi connectivity index (χ0) is 12.0. The van der Waals surface area contributed by atoms with Gasteiger partial charge in [-0.05, 0) is 32.5 Å². The molecule has 16 heavy (non-hydrogen) atoms. The third-order valence-electron chi connectivity index (χ3n) is 2.68. The molecule has 0 saturated carbocycles. The van der Waals surface area contributed by atoms with E-state index < -0.39 is 6.10 Å². The number of benzene rings is 1. The van der Waals surface area contributed by atoms with E-state index in [1.165, 1.54) is 5.56 Å². The lowest BCUT2D eigenvalue weighted by atomic mass is 10.0. The third-order valence-corrected chi connectivity index (χ3v) is 2.68. The molecule has 1 aromatic rings. The molecule has 3 heteroatoms. The molecule has 90 valence electrons. The minimum Gasteiger partial charge on any atom is -0.391 e. The first kappa shape index (κ1) is 13.2. The van der Waals surface area contributed by atoms with E-state index in [-0.39, 0.29) is 6.04 Å².